The number of amides is 1. The summed E-state index contributed by atoms with van der Waals surface area (Å²) in [4.78, 5) is 48.5. The Bertz CT molecular complexity index is 973. The van der Waals surface area contributed by atoms with Gasteiger partial charge >= 0.3 is 11.9 Å². The second-order valence-electron chi connectivity index (χ2n) is 6.25. The molecule has 1 amide bonds. The van der Waals surface area contributed by atoms with Crippen molar-refractivity contribution in [2.75, 3.05) is 37.5 Å². The monoisotopic (exact) mass is 415 g/mol. The number of hydrogen-bond donors (Lipinski definition) is 1. The average molecular weight is 415 g/mol. The quantitative estimate of drug-likeness (QED) is 0.396. The molecule has 2 rings (SSSR count). The Balaban J connectivity index is 2.06. The first kappa shape index (κ1) is 22.3. The molecule has 0 radical (unpaired) electrons. The number of carbonyl (C=O) groups is 3. The van der Waals surface area contributed by atoms with Crippen molar-refractivity contribution >= 4 is 34.9 Å². The normalized spacial score (nSPS) is 10.1. The Labute approximate surface area is 172 Å². The van der Waals surface area contributed by atoms with E-state index in [4.69, 9.17) is 9.47 Å². The lowest BCUT2D eigenvalue weighted by molar-refractivity contribution is -0.384. The fraction of sp³-hybridized carbons (Fsp3) is 0.250. The molecule has 30 heavy (non-hydrogen) atoms. The first-order valence-electron chi connectivity index (χ1n) is 8.93. The van der Waals surface area contributed by atoms with Crippen LogP contribution in [0, 0.1) is 10.1 Å². The van der Waals surface area contributed by atoms with Crippen molar-refractivity contribution in [3.05, 3.63) is 63.7 Å². The van der Waals surface area contributed by atoms with E-state index in [9.17, 15) is 24.5 Å². The van der Waals surface area contributed by atoms with Crippen LogP contribution in [0.3, 0.4) is 0 Å². The number of nitrogens with zero attached hydrogens (tertiary/aromatic N) is 2. The molecule has 0 spiro atoms. The van der Waals surface area contributed by atoms with Gasteiger partial charge in [-0.3, -0.25) is 14.9 Å². The van der Waals surface area contributed by atoms with Crippen molar-refractivity contribution in [2.45, 2.75) is 6.92 Å². The van der Waals surface area contributed by atoms with Crippen LogP contribution in [-0.2, 0) is 14.3 Å². The van der Waals surface area contributed by atoms with E-state index >= 15 is 0 Å². The Hall–Kier alpha value is -3.95. The third-order valence-electron chi connectivity index (χ3n) is 3.92. The molecule has 1 N–H and O–H groups in total. The van der Waals surface area contributed by atoms with Crippen LogP contribution < -0.4 is 10.2 Å². The van der Waals surface area contributed by atoms with Gasteiger partial charge in [0.25, 0.3) is 11.6 Å². The molecule has 0 atom stereocenters. The highest BCUT2D eigenvalue weighted by Crippen LogP contribution is 2.28. The van der Waals surface area contributed by atoms with E-state index < -0.39 is 29.4 Å². The lowest BCUT2D eigenvalue weighted by atomic mass is 10.1. The topological polar surface area (TPSA) is 128 Å². The minimum Gasteiger partial charge on any atom is -0.462 e. The molecule has 0 aliphatic heterocycles. The van der Waals surface area contributed by atoms with Gasteiger partial charge in [0.15, 0.2) is 6.61 Å². The first-order chi connectivity index (χ1) is 14.2. The Morgan fingerprint density at radius 3 is 2.40 bits per heavy atom. The van der Waals surface area contributed by atoms with Gasteiger partial charge in [-0.1, -0.05) is 12.1 Å². The van der Waals surface area contributed by atoms with E-state index in [1.54, 1.807) is 38.1 Å². The molecule has 0 unspecified atom stereocenters. The largest absolute Gasteiger partial charge is 0.462 e. The standard InChI is InChI=1S/C20H21N3O7/c1-4-29-20(26)14-7-5-6-8-15(14)21-18(24)12-30-19(25)13-9-10-16(22(2)3)17(11-13)23(27)28/h5-11H,4,12H2,1-3H3,(H,21,24). The lowest BCUT2D eigenvalue weighted by Crippen LogP contribution is -2.22. The Morgan fingerprint density at radius 2 is 1.77 bits per heavy atom. The van der Waals surface area contributed by atoms with Gasteiger partial charge in [-0.05, 0) is 31.2 Å². The summed E-state index contributed by atoms with van der Waals surface area (Å²) in [5, 5.41) is 13.7. The predicted octanol–water partition coefficient (Wildman–Crippen LogP) is 2.63. The van der Waals surface area contributed by atoms with Gasteiger partial charge in [0.1, 0.15) is 5.69 Å². The van der Waals surface area contributed by atoms with Crippen LogP contribution in [-0.4, -0.2) is 50.1 Å². The molecule has 0 fully saturated rings. The number of rotatable bonds is 8. The summed E-state index contributed by atoms with van der Waals surface area (Å²) >= 11 is 0. The van der Waals surface area contributed by atoms with Crippen molar-refractivity contribution in [3.63, 3.8) is 0 Å². The first-order valence-corrected chi connectivity index (χ1v) is 8.93. The molecule has 0 bridgehead atoms. The number of esters is 2. The zero-order valence-corrected chi connectivity index (χ0v) is 16.7. The molecule has 10 nitrogen and oxygen atoms in total. The number of anilines is 2. The number of nitro groups is 1. The molecule has 2 aromatic rings. The minimum atomic E-state index is -0.891. The van der Waals surface area contributed by atoms with Crippen LogP contribution in [0.25, 0.3) is 0 Å². The Kier molecular flexibility index (Phi) is 7.45. The summed E-state index contributed by atoms with van der Waals surface area (Å²) in [7, 11) is 3.28. The molecule has 0 saturated carbocycles. The maximum Gasteiger partial charge on any atom is 0.340 e. The summed E-state index contributed by atoms with van der Waals surface area (Å²) in [6, 6.07) is 10.1. The van der Waals surface area contributed by atoms with Crippen LogP contribution in [0.15, 0.2) is 42.5 Å². The van der Waals surface area contributed by atoms with Crippen LogP contribution in [0.2, 0.25) is 0 Å². The number of nitrogens with one attached hydrogen (secondary N) is 1. The van der Waals surface area contributed by atoms with Crippen molar-refractivity contribution in [2.24, 2.45) is 0 Å². The van der Waals surface area contributed by atoms with Gasteiger partial charge in [0, 0.05) is 20.2 Å². The maximum absolute atomic E-state index is 12.2. The molecule has 0 aromatic heterocycles. The highest BCUT2D eigenvalue weighted by atomic mass is 16.6. The minimum absolute atomic E-state index is 0.0629. The second kappa shape index (κ2) is 10.0. The van der Waals surface area contributed by atoms with Crippen LogP contribution >= 0.6 is 0 Å². The number of nitro benzene ring substituents is 1. The zero-order valence-electron chi connectivity index (χ0n) is 16.7. The van der Waals surface area contributed by atoms with E-state index in [1.807, 2.05) is 0 Å². The van der Waals surface area contributed by atoms with Crippen molar-refractivity contribution in [3.8, 4) is 0 Å². The highest BCUT2D eigenvalue weighted by molar-refractivity contribution is 6.02. The second-order valence-corrected chi connectivity index (χ2v) is 6.25. The van der Waals surface area contributed by atoms with Crippen LogP contribution in [0.1, 0.15) is 27.6 Å². The molecule has 0 saturated heterocycles. The van der Waals surface area contributed by atoms with Gasteiger partial charge in [0.05, 0.1) is 28.3 Å². The SMILES string of the molecule is CCOC(=O)c1ccccc1NC(=O)COC(=O)c1ccc(N(C)C)c([N+](=O)[O-])c1. The molecule has 10 heteroatoms. The maximum atomic E-state index is 12.2. The molecular weight excluding hydrogens is 394 g/mol. The summed E-state index contributed by atoms with van der Waals surface area (Å²) in [6.45, 7) is 1.20. The fourth-order valence-electron chi connectivity index (χ4n) is 2.55. The van der Waals surface area contributed by atoms with E-state index in [-0.39, 0.29) is 29.1 Å². The zero-order chi connectivity index (χ0) is 22.3. The number of hydrogen-bond acceptors (Lipinski definition) is 8. The van der Waals surface area contributed by atoms with Gasteiger partial charge < -0.3 is 19.7 Å². The molecule has 0 aliphatic carbocycles. The van der Waals surface area contributed by atoms with Crippen molar-refractivity contribution in [1.82, 2.24) is 0 Å². The van der Waals surface area contributed by atoms with Crippen LogP contribution in [0.4, 0.5) is 17.1 Å². The molecule has 0 heterocycles. The predicted molar refractivity (Wildman–Crippen MR) is 109 cm³/mol. The summed E-state index contributed by atoms with van der Waals surface area (Å²) in [5.41, 5.74) is 0.371. The van der Waals surface area contributed by atoms with Crippen molar-refractivity contribution in [1.29, 1.82) is 0 Å². The number of ether oxygens (including phenoxy) is 2. The smallest absolute Gasteiger partial charge is 0.340 e. The number of carbonyl (C=O) groups excluding carboxylic acids is 3. The van der Waals surface area contributed by atoms with E-state index in [2.05, 4.69) is 5.32 Å². The number of para-hydroxylation sites is 1. The van der Waals surface area contributed by atoms with Crippen LogP contribution in [0.5, 0.6) is 0 Å². The summed E-state index contributed by atoms with van der Waals surface area (Å²) in [5.74, 6) is -2.17. The summed E-state index contributed by atoms with van der Waals surface area (Å²) in [6.07, 6.45) is 0. The summed E-state index contributed by atoms with van der Waals surface area (Å²) < 4.78 is 9.87. The third kappa shape index (κ3) is 5.53. The van der Waals surface area contributed by atoms with Gasteiger partial charge in [0.2, 0.25) is 0 Å². The number of benzene rings is 2. The molecule has 158 valence electrons. The fourth-order valence-corrected chi connectivity index (χ4v) is 2.55. The average Bonchev–Trinajstić information content (AvgIpc) is 2.72. The molecule has 2 aromatic carbocycles. The Morgan fingerprint density at radius 1 is 1.07 bits per heavy atom. The molecular formula is C20H21N3O7. The molecule has 0 aliphatic rings. The highest BCUT2D eigenvalue weighted by Gasteiger charge is 2.20. The van der Waals surface area contributed by atoms with E-state index in [0.717, 1.165) is 6.07 Å². The van der Waals surface area contributed by atoms with Gasteiger partial charge in [-0.2, -0.15) is 0 Å². The van der Waals surface area contributed by atoms with E-state index in [1.165, 1.54) is 24.3 Å². The van der Waals surface area contributed by atoms with Crippen molar-refractivity contribution < 1.29 is 28.8 Å². The van der Waals surface area contributed by atoms with Gasteiger partial charge in [-0.15, -0.1) is 0 Å². The third-order valence-corrected chi connectivity index (χ3v) is 3.92. The van der Waals surface area contributed by atoms with E-state index in [0.29, 0.717) is 5.69 Å². The van der Waals surface area contributed by atoms with Gasteiger partial charge in [-0.25, -0.2) is 9.59 Å². The lowest BCUT2D eigenvalue weighted by Gasteiger charge is -2.13.